The standard InChI is InChI=1S/C15H17N3O3S/c19-14(16-10-5-3-9(4-6-10)15(20)21)12-8-11(17-18-12)13-2-1-7-22-13/h1-2,7-10H,3-6H2,(H,16,19)(H,17,18)(H,20,21). The van der Waals surface area contributed by atoms with Crippen LogP contribution in [0.2, 0.25) is 0 Å². The van der Waals surface area contributed by atoms with Gasteiger partial charge in [0.2, 0.25) is 0 Å². The molecule has 116 valence electrons. The first-order chi connectivity index (χ1) is 10.6. The summed E-state index contributed by atoms with van der Waals surface area (Å²) in [5.41, 5.74) is 1.19. The van der Waals surface area contributed by atoms with Crippen LogP contribution in [-0.4, -0.2) is 33.2 Å². The molecule has 22 heavy (non-hydrogen) atoms. The fourth-order valence-electron chi connectivity index (χ4n) is 2.74. The first-order valence-corrected chi connectivity index (χ1v) is 8.14. The van der Waals surface area contributed by atoms with Gasteiger partial charge in [-0.1, -0.05) is 6.07 Å². The van der Waals surface area contributed by atoms with Crippen molar-refractivity contribution < 1.29 is 14.7 Å². The number of H-pyrrole nitrogens is 1. The molecule has 2 aromatic heterocycles. The summed E-state index contributed by atoms with van der Waals surface area (Å²) in [4.78, 5) is 24.2. The van der Waals surface area contributed by atoms with E-state index in [-0.39, 0.29) is 17.9 Å². The van der Waals surface area contributed by atoms with Crippen molar-refractivity contribution in [1.82, 2.24) is 15.5 Å². The van der Waals surface area contributed by atoms with Gasteiger partial charge in [-0.2, -0.15) is 5.10 Å². The topological polar surface area (TPSA) is 95.1 Å². The van der Waals surface area contributed by atoms with Gasteiger partial charge in [0, 0.05) is 6.04 Å². The second kappa shape index (κ2) is 6.31. The van der Waals surface area contributed by atoms with E-state index >= 15 is 0 Å². The van der Waals surface area contributed by atoms with Gasteiger partial charge >= 0.3 is 5.97 Å². The highest BCUT2D eigenvalue weighted by molar-refractivity contribution is 7.13. The molecule has 6 nitrogen and oxygen atoms in total. The lowest BCUT2D eigenvalue weighted by atomic mass is 9.86. The van der Waals surface area contributed by atoms with Crippen LogP contribution in [0.3, 0.4) is 0 Å². The summed E-state index contributed by atoms with van der Waals surface area (Å²) < 4.78 is 0. The van der Waals surface area contributed by atoms with Gasteiger partial charge in [-0.25, -0.2) is 0 Å². The van der Waals surface area contributed by atoms with Crippen LogP contribution in [0.15, 0.2) is 23.6 Å². The molecule has 2 aromatic rings. The molecule has 1 aliphatic rings. The molecule has 0 atom stereocenters. The summed E-state index contributed by atoms with van der Waals surface area (Å²) in [5, 5.41) is 20.8. The maximum absolute atomic E-state index is 12.2. The summed E-state index contributed by atoms with van der Waals surface area (Å²) in [6, 6.07) is 5.68. The SMILES string of the molecule is O=C(NC1CCC(C(=O)O)CC1)c1cc(-c2cccs2)[nH]n1. The van der Waals surface area contributed by atoms with Crippen LogP contribution < -0.4 is 5.32 Å². The van der Waals surface area contributed by atoms with Crippen molar-refractivity contribution in [2.75, 3.05) is 0 Å². The molecule has 0 bridgehead atoms. The molecule has 0 unspecified atom stereocenters. The Morgan fingerprint density at radius 2 is 2.09 bits per heavy atom. The molecule has 0 spiro atoms. The molecular weight excluding hydrogens is 302 g/mol. The second-order valence-electron chi connectivity index (χ2n) is 5.50. The number of thiophene rings is 1. The van der Waals surface area contributed by atoms with Crippen LogP contribution in [0.5, 0.6) is 0 Å². The summed E-state index contributed by atoms with van der Waals surface area (Å²) in [6.45, 7) is 0. The van der Waals surface area contributed by atoms with Crippen LogP contribution in [0.1, 0.15) is 36.2 Å². The van der Waals surface area contributed by atoms with E-state index < -0.39 is 5.97 Å². The number of rotatable bonds is 4. The van der Waals surface area contributed by atoms with Gasteiger partial charge in [0.15, 0.2) is 5.69 Å². The second-order valence-corrected chi connectivity index (χ2v) is 6.45. The number of nitrogens with zero attached hydrogens (tertiary/aromatic N) is 1. The Kier molecular flexibility index (Phi) is 4.24. The van der Waals surface area contributed by atoms with Gasteiger partial charge in [-0.3, -0.25) is 14.7 Å². The molecule has 3 rings (SSSR count). The summed E-state index contributed by atoms with van der Waals surface area (Å²) >= 11 is 1.58. The summed E-state index contributed by atoms with van der Waals surface area (Å²) in [5.74, 6) is -1.22. The number of hydrogen-bond donors (Lipinski definition) is 3. The minimum atomic E-state index is -0.738. The Bertz CT molecular complexity index is 657. The minimum absolute atomic E-state index is 0.0324. The Labute approximate surface area is 131 Å². The van der Waals surface area contributed by atoms with Crippen LogP contribution in [0, 0.1) is 5.92 Å². The predicted molar refractivity (Wildman–Crippen MR) is 82.7 cm³/mol. The fraction of sp³-hybridized carbons (Fsp3) is 0.400. The van der Waals surface area contributed by atoms with E-state index in [9.17, 15) is 9.59 Å². The van der Waals surface area contributed by atoms with E-state index in [1.54, 1.807) is 17.4 Å². The minimum Gasteiger partial charge on any atom is -0.481 e. The van der Waals surface area contributed by atoms with Gasteiger partial charge < -0.3 is 10.4 Å². The fourth-order valence-corrected chi connectivity index (χ4v) is 3.43. The van der Waals surface area contributed by atoms with Crippen molar-refractivity contribution in [2.45, 2.75) is 31.7 Å². The summed E-state index contributed by atoms with van der Waals surface area (Å²) in [6.07, 6.45) is 2.62. The van der Waals surface area contributed by atoms with Gasteiger partial charge in [0.05, 0.1) is 16.5 Å². The Balaban J connectivity index is 1.58. The van der Waals surface area contributed by atoms with E-state index in [2.05, 4.69) is 15.5 Å². The Morgan fingerprint density at radius 1 is 1.32 bits per heavy atom. The molecule has 0 saturated heterocycles. The van der Waals surface area contributed by atoms with Crippen molar-refractivity contribution >= 4 is 23.2 Å². The number of aromatic nitrogens is 2. The molecule has 1 saturated carbocycles. The van der Waals surface area contributed by atoms with E-state index in [0.717, 1.165) is 10.6 Å². The maximum Gasteiger partial charge on any atom is 0.306 e. The zero-order valence-corrected chi connectivity index (χ0v) is 12.7. The van der Waals surface area contributed by atoms with Crippen molar-refractivity contribution in [3.05, 3.63) is 29.3 Å². The summed E-state index contributed by atoms with van der Waals surface area (Å²) in [7, 11) is 0. The average Bonchev–Trinajstić information content (AvgIpc) is 3.19. The number of carbonyl (C=O) groups excluding carboxylic acids is 1. The number of aliphatic carboxylic acids is 1. The molecule has 1 amide bonds. The number of aromatic amines is 1. The lowest BCUT2D eigenvalue weighted by Crippen LogP contribution is -2.38. The van der Waals surface area contributed by atoms with Crippen molar-refractivity contribution in [2.24, 2.45) is 5.92 Å². The quantitative estimate of drug-likeness (QED) is 0.807. The molecule has 0 aliphatic heterocycles. The lowest BCUT2D eigenvalue weighted by Gasteiger charge is -2.26. The number of carboxylic acids is 1. The highest BCUT2D eigenvalue weighted by Crippen LogP contribution is 2.25. The van der Waals surface area contributed by atoms with Crippen molar-refractivity contribution in [3.8, 4) is 10.6 Å². The van der Waals surface area contributed by atoms with Gasteiger partial charge in [0.1, 0.15) is 0 Å². The van der Waals surface area contributed by atoms with E-state index in [4.69, 9.17) is 5.11 Å². The number of carboxylic acid groups (broad SMARTS) is 1. The number of amides is 1. The third-order valence-electron chi connectivity index (χ3n) is 4.01. The number of nitrogens with one attached hydrogen (secondary N) is 2. The number of carbonyl (C=O) groups is 2. The van der Waals surface area contributed by atoms with Gasteiger partial charge in [-0.15, -0.1) is 11.3 Å². The zero-order chi connectivity index (χ0) is 15.5. The maximum atomic E-state index is 12.2. The molecule has 2 heterocycles. The van der Waals surface area contributed by atoms with Crippen LogP contribution in [-0.2, 0) is 4.79 Å². The third-order valence-corrected chi connectivity index (χ3v) is 4.91. The third kappa shape index (κ3) is 3.19. The first kappa shape index (κ1) is 14.8. The number of hydrogen-bond acceptors (Lipinski definition) is 4. The smallest absolute Gasteiger partial charge is 0.306 e. The molecule has 0 radical (unpaired) electrons. The Hall–Kier alpha value is -2.15. The molecule has 0 aromatic carbocycles. The van der Waals surface area contributed by atoms with Gasteiger partial charge in [0.25, 0.3) is 5.91 Å². The molecule has 1 fully saturated rings. The largest absolute Gasteiger partial charge is 0.481 e. The lowest BCUT2D eigenvalue weighted by molar-refractivity contribution is -0.142. The van der Waals surface area contributed by atoms with Crippen molar-refractivity contribution in [1.29, 1.82) is 0 Å². The van der Waals surface area contributed by atoms with Crippen molar-refractivity contribution in [3.63, 3.8) is 0 Å². The normalized spacial score (nSPS) is 21.5. The van der Waals surface area contributed by atoms with E-state index in [1.165, 1.54) is 0 Å². The highest BCUT2D eigenvalue weighted by Gasteiger charge is 2.27. The zero-order valence-electron chi connectivity index (χ0n) is 11.9. The first-order valence-electron chi connectivity index (χ1n) is 7.26. The van der Waals surface area contributed by atoms with E-state index in [1.807, 2.05) is 17.5 Å². The highest BCUT2D eigenvalue weighted by atomic mass is 32.1. The van der Waals surface area contributed by atoms with Gasteiger partial charge in [-0.05, 0) is 43.2 Å². The van der Waals surface area contributed by atoms with Crippen LogP contribution >= 0.6 is 11.3 Å². The Morgan fingerprint density at radius 3 is 2.73 bits per heavy atom. The average molecular weight is 319 g/mol. The molecule has 1 aliphatic carbocycles. The van der Waals surface area contributed by atoms with E-state index in [0.29, 0.717) is 31.4 Å². The molecular formula is C15H17N3O3S. The predicted octanol–water partition coefficient (Wildman–Crippen LogP) is 2.51. The monoisotopic (exact) mass is 319 g/mol. The van der Waals surface area contributed by atoms with Crippen LogP contribution in [0.25, 0.3) is 10.6 Å². The molecule has 7 heteroatoms. The molecule has 3 N–H and O–H groups in total. The van der Waals surface area contributed by atoms with Crippen LogP contribution in [0.4, 0.5) is 0 Å².